The highest BCUT2D eigenvalue weighted by molar-refractivity contribution is 4.67. The molecule has 1 unspecified atom stereocenters. The SMILES string of the molecule is COC(CCCCCCCCCOCC1CO1)(OC)OC. The first-order valence-corrected chi connectivity index (χ1v) is 8.11. The average molecular weight is 304 g/mol. The van der Waals surface area contributed by atoms with Crippen molar-refractivity contribution in [2.45, 2.75) is 63.4 Å². The molecule has 5 heteroatoms. The van der Waals surface area contributed by atoms with Crippen LogP contribution in [0.3, 0.4) is 0 Å². The van der Waals surface area contributed by atoms with E-state index in [1.54, 1.807) is 21.3 Å². The summed E-state index contributed by atoms with van der Waals surface area (Å²) in [6.07, 6.45) is 9.64. The highest BCUT2D eigenvalue weighted by atomic mass is 16.9. The lowest BCUT2D eigenvalue weighted by Gasteiger charge is -2.28. The third kappa shape index (κ3) is 8.73. The highest BCUT2D eigenvalue weighted by Crippen LogP contribution is 2.21. The predicted octanol–water partition coefficient (Wildman–Crippen LogP) is 3.12. The van der Waals surface area contributed by atoms with E-state index >= 15 is 0 Å². The number of unbranched alkanes of at least 4 members (excludes halogenated alkanes) is 6. The van der Waals surface area contributed by atoms with Crippen LogP contribution in [0.15, 0.2) is 0 Å². The van der Waals surface area contributed by atoms with Gasteiger partial charge in [0.2, 0.25) is 0 Å². The van der Waals surface area contributed by atoms with Crippen molar-refractivity contribution in [3.8, 4) is 0 Å². The molecule has 0 aromatic heterocycles. The summed E-state index contributed by atoms with van der Waals surface area (Å²) >= 11 is 0. The molecule has 1 fully saturated rings. The molecule has 1 aliphatic heterocycles. The van der Waals surface area contributed by atoms with Crippen LogP contribution in [0.2, 0.25) is 0 Å². The standard InChI is InChI=1S/C16H32O5/c1-17-16(18-2,19-3)11-9-7-5-4-6-8-10-12-20-13-15-14-21-15/h15H,4-14H2,1-3H3. The zero-order chi connectivity index (χ0) is 15.4. The molecule has 1 atom stereocenters. The molecule has 0 aromatic rings. The second kappa shape index (κ2) is 11.4. The second-order valence-corrected chi connectivity index (χ2v) is 5.55. The molecule has 0 N–H and O–H groups in total. The molecule has 5 nitrogen and oxygen atoms in total. The van der Waals surface area contributed by atoms with Crippen LogP contribution in [-0.4, -0.2) is 53.2 Å². The van der Waals surface area contributed by atoms with Crippen LogP contribution >= 0.6 is 0 Å². The topological polar surface area (TPSA) is 49.5 Å². The van der Waals surface area contributed by atoms with Gasteiger partial charge in [-0.15, -0.1) is 0 Å². The van der Waals surface area contributed by atoms with E-state index in [9.17, 15) is 0 Å². The second-order valence-electron chi connectivity index (χ2n) is 5.55. The summed E-state index contributed by atoms with van der Waals surface area (Å²) in [6, 6.07) is 0. The number of methoxy groups -OCH3 is 3. The van der Waals surface area contributed by atoms with E-state index in [0.717, 1.165) is 39.1 Å². The van der Waals surface area contributed by atoms with Gasteiger partial charge in [-0.25, -0.2) is 0 Å². The zero-order valence-electron chi connectivity index (χ0n) is 13.9. The van der Waals surface area contributed by atoms with Gasteiger partial charge in [-0.2, -0.15) is 0 Å². The minimum atomic E-state index is -0.859. The predicted molar refractivity (Wildman–Crippen MR) is 81.3 cm³/mol. The molecule has 126 valence electrons. The lowest BCUT2D eigenvalue weighted by Crippen LogP contribution is -2.35. The average Bonchev–Trinajstić information content (AvgIpc) is 3.33. The Morgan fingerprint density at radius 2 is 1.38 bits per heavy atom. The van der Waals surface area contributed by atoms with Gasteiger partial charge in [-0.1, -0.05) is 32.1 Å². The van der Waals surface area contributed by atoms with E-state index in [1.807, 2.05) is 0 Å². The van der Waals surface area contributed by atoms with Crippen molar-refractivity contribution in [3.05, 3.63) is 0 Å². The fourth-order valence-corrected chi connectivity index (χ4v) is 2.36. The molecule has 0 spiro atoms. The maximum absolute atomic E-state index is 5.51. The van der Waals surface area contributed by atoms with Crippen LogP contribution in [0.5, 0.6) is 0 Å². The molecule has 0 radical (unpaired) electrons. The molecule has 21 heavy (non-hydrogen) atoms. The minimum Gasteiger partial charge on any atom is -0.379 e. The van der Waals surface area contributed by atoms with Gasteiger partial charge in [0.25, 0.3) is 5.97 Å². The zero-order valence-corrected chi connectivity index (χ0v) is 13.9. The quantitative estimate of drug-likeness (QED) is 0.264. The van der Waals surface area contributed by atoms with Crippen molar-refractivity contribution in [2.24, 2.45) is 0 Å². The van der Waals surface area contributed by atoms with Gasteiger partial charge in [0, 0.05) is 34.4 Å². The van der Waals surface area contributed by atoms with Gasteiger partial charge < -0.3 is 23.7 Å². The number of ether oxygens (including phenoxy) is 5. The maximum atomic E-state index is 5.51. The first-order chi connectivity index (χ1) is 10.3. The van der Waals surface area contributed by atoms with Crippen LogP contribution < -0.4 is 0 Å². The monoisotopic (exact) mass is 304 g/mol. The Balaban J connectivity index is 1.81. The Morgan fingerprint density at radius 1 is 0.857 bits per heavy atom. The molecule has 1 heterocycles. The molecule has 1 aliphatic rings. The number of rotatable bonds is 15. The number of epoxide rings is 1. The van der Waals surface area contributed by atoms with Crippen molar-refractivity contribution in [3.63, 3.8) is 0 Å². The lowest BCUT2D eigenvalue weighted by molar-refractivity contribution is -0.355. The van der Waals surface area contributed by atoms with E-state index in [1.165, 1.54) is 32.1 Å². The van der Waals surface area contributed by atoms with E-state index in [0.29, 0.717) is 6.10 Å². The fraction of sp³-hybridized carbons (Fsp3) is 1.00. The van der Waals surface area contributed by atoms with E-state index in [4.69, 9.17) is 23.7 Å². The first kappa shape index (κ1) is 18.8. The van der Waals surface area contributed by atoms with E-state index < -0.39 is 5.97 Å². The molecular formula is C16H32O5. The Labute approximate surface area is 129 Å². The summed E-state index contributed by atoms with van der Waals surface area (Å²) < 4.78 is 26.4. The highest BCUT2D eigenvalue weighted by Gasteiger charge is 2.28. The van der Waals surface area contributed by atoms with Crippen molar-refractivity contribution in [2.75, 3.05) is 41.2 Å². The molecular weight excluding hydrogens is 272 g/mol. The van der Waals surface area contributed by atoms with E-state index in [2.05, 4.69) is 0 Å². The summed E-state index contributed by atoms with van der Waals surface area (Å²) in [5, 5.41) is 0. The van der Waals surface area contributed by atoms with Crippen LogP contribution in [-0.2, 0) is 23.7 Å². The smallest absolute Gasteiger partial charge is 0.282 e. The molecule has 1 saturated heterocycles. The van der Waals surface area contributed by atoms with Crippen LogP contribution in [0.4, 0.5) is 0 Å². The summed E-state index contributed by atoms with van der Waals surface area (Å²) in [7, 11) is 4.85. The fourth-order valence-electron chi connectivity index (χ4n) is 2.36. The lowest BCUT2D eigenvalue weighted by atomic mass is 10.1. The Kier molecular flexibility index (Phi) is 10.2. The van der Waals surface area contributed by atoms with Crippen molar-refractivity contribution in [1.82, 2.24) is 0 Å². The normalized spacial score (nSPS) is 18.1. The Hall–Kier alpha value is -0.200. The van der Waals surface area contributed by atoms with Gasteiger partial charge in [0.1, 0.15) is 6.10 Å². The number of hydrogen-bond acceptors (Lipinski definition) is 5. The summed E-state index contributed by atoms with van der Waals surface area (Å²) in [5.74, 6) is -0.859. The van der Waals surface area contributed by atoms with Crippen LogP contribution in [0.1, 0.15) is 51.4 Å². The largest absolute Gasteiger partial charge is 0.379 e. The molecule has 1 rings (SSSR count). The third-order valence-electron chi connectivity index (χ3n) is 3.91. The Bertz CT molecular complexity index is 231. The molecule has 0 aliphatic carbocycles. The van der Waals surface area contributed by atoms with E-state index in [-0.39, 0.29) is 0 Å². The van der Waals surface area contributed by atoms with Gasteiger partial charge >= 0.3 is 0 Å². The maximum Gasteiger partial charge on any atom is 0.282 e. The molecule has 0 aromatic carbocycles. The summed E-state index contributed by atoms with van der Waals surface area (Å²) in [5.41, 5.74) is 0. The molecule has 0 saturated carbocycles. The van der Waals surface area contributed by atoms with Gasteiger partial charge in [0.05, 0.1) is 13.2 Å². The van der Waals surface area contributed by atoms with Gasteiger partial charge in [0.15, 0.2) is 0 Å². The van der Waals surface area contributed by atoms with Crippen LogP contribution in [0, 0.1) is 0 Å². The van der Waals surface area contributed by atoms with Crippen molar-refractivity contribution < 1.29 is 23.7 Å². The van der Waals surface area contributed by atoms with Gasteiger partial charge in [-0.3, -0.25) is 0 Å². The van der Waals surface area contributed by atoms with Crippen LogP contribution in [0.25, 0.3) is 0 Å². The van der Waals surface area contributed by atoms with Crippen molar-refractivity contribution >= 4 is 0 Å². The number of hydrogen-bond donors (Lipinski definition) is 0. The van der Waals surface area contributed by atoms with Crippen molar-refractivity contribution in [1.29, 1.82) is 0 Å². The van der Waals surface area contributed by atoms with Gasteiger partial charge in [-0.05, 0) is 12.8 Å². The minimum absolute atomic E-state index is 0.392. The summed E-state index contributed by atoms with van der Waals surface area (Å²) in [6.45, 7) is 2.54. The molecule has 0 bridgehead atoms. The first-order valence-electron chi connectivity index (χ1n) is 8.11. The molecule has 0 amide bonds. The summed E-state index contributed by atoms with van der Waals surface area (Å²) in [4.78, 5) is 0. The third-order valence-corrected chi connectivity index (χ3v) is 3.91. The Morgan fingerprint density at radius 3 is 1.90 bits per heavy atom.